The summed E-state index contributed by atoms with van der Waals surface area (Å²) in [6.45, 7) is 4.04. The molecule has 0 fully saturated rings. The molecule has 0 spiro atoms. The first-order chi connectivity index (χ1) is 8.13. The second kappa shape index (κ2) is 4.71. The molecule has 0 aliphatic carbocycles. The maximum absolute atomic E-state index is 11.8. The van der Waals surface area contributed by atoms with Gasteiger partial charge in [0.1, 0.15) is 0 Å². The Bertz CT molecular complexity index is 542. The largest absolute Gasteiger partial charge is 0.461 e. The molecule has 2 rings (SSSR count). The van der Waals surface area contributed by atoms with Gasteiger partial charge in [-0.1, -0.05) is 0 Å². The molecule has 0 saturated heterocycles. The third kappa shape index (κ3) is 2.24. The predicted molar refractivity (Wildman–Crippen MR) is 67.2 cm³/mol. The van der Waals surface area contributed by atoms with Crippen LogP contribution < -0.4 is 0 Å². The molecule has 0 unspecified atom stereocenters. The van der Waals surface area contributed by atoms with Gasteiger partial charge in [0.25, 0.3) is 0 Å². The lowest BCUT2D eigenvalue weighted by molar-refractivity contribution is 0.0521. The molecule has 0 radical (unpaired) electrons. The number of carbonyl (C=O) groups is 1. The smallest absolute Gasteiger partial charge is 0.358 e. The van der Waals surface area contributed by atoms with E-state index in [0.717, 1.165) is 15.6 Å². The van der Waals surface area contributed by atoms with Crippen LogP contribution in [0.4, 0.5) is 0 Å². The first-order valence-corrected chi connectivity index (χ1v) is 6.21. The van der Waals surface area contributed by atoms with Crippen LogP contribution in [0.2, 0.25) is 0 Å². The van der Waals surface area contributed by atoms with Gasteiger partial charge in [-0.15, -0.1) is 11.3 Å². The second-order valence-corrected chi connectivity index (χ2v) is 4.84. The van der Waals surface area contributed by atoms with Gasteiger partial charge in [-0.25, -0.2) is 9.78 Å². The zero-order valence-corrected chi connectivity index (χ0v) is 10.9. The topological polar surface area (TPSA) is 44.1 Å². The SMILES string of the molecule is CCOC(=O)c1nc(C)sc1-c1cccn1C. The lowest BCUT2D eigenvalue weighted by Crippen LogP contribution is -2.07. The van der Waals surface area contributed by atoms with Crippen LogP contribution in [0.15, 0.2) is 18.3 Å². The van der Waals surface area contributed by atoms with Crippen LogP contribution in [0.5, 0.6) is 0 Å². The summed E-state index contributed by atoms with van der Waals surface area (Å²) in [5.41, 5.74) is 1.40. The van der Waals surface area contributed by atoms with E-state index in [1.807, 2.05) is 36.9 Å². The van der Waals surface area contributed by atoms with Gasteiger partial charge in [0.2, 0.25) is 0 Å². The van der Waals surface area contributed by atoms with Gasteiger partial charge in [-0.3, -0.25) is 0 Å². The molecule has 0 saturated carbocycles. The summed E-state index contributed by atoms with van der Waals surface area (Å²) >= 11 is 1.51. The van der Waals surface area contributed by atoms with Crippen molar-refractivity contribution in [1.82, 2.24) is 9.55 Å². The number of hydrogen-bond donors (Lipinski definition) is 0. The number of ether oxygens (including phenoxy) is 1. The summed E-state index contributed by atoms with van der Waals surface area (Å²) in [4.78, 5) is 16.9. The molecule has 2 aromatic rings. The summed E-state index contributed by atoms with van der Waals surface area (Å²) in [5.74, 6) is -0.354. The van der Waals surface area contributed by atoms with Gasteiger partial charge in [0.15, 0.2) is 5.69 Å². The summed E-state index contributed by atoms with van der Waals surface area (Å²) in [5, 5.41) is 0.865. The van der Waals surface area contributed by atoms with E-state index in [2.05, 4.69) is 4.98 Å². The molecule has 5 heteroatoms. The van der Waals surface area contributed by atoms with E-state index in [1.165, 1.54) is 11.3 Å². The lowest BCUT2D eigenvalue weighted by Gasteiger charge is -2.03. The number of esters is 1. The van der Waals surface area contributed by atoms with Gasteiger partial charge in [0.05, 0.1) is 22.2 Å². The average molecular weight is 250 g/mol. The third-order valence-electron chi connectivity index (χ3n) is 2.38. The van der Waals surface area contributed by atoms with Crippen molar-refractivity contribution in [2.45, 2.75) is 13.8 Å². The Morgan fingerprint density at radius 2 is 2.35 bits per heavy atom. The van der Waals surface area contributed by atoms with Crippen molar-refractivity contribution in [3.8, 4) is 10.6 Å². The molecule has 0 N–H and O–H groups in total. The summed E-state index contributed by atoms with van der Waals surface area (Å²) < 4.78 is 6.98. The molecule has 0 aliphatic rings. The molecule has 2 aromatic heterocycles. The fourth-order valence-electron chi connectivity index (χ4n) is 1.64. The second-order valence-electron chi connectivity index (χ2n) is 3.64. The monoisotopic (exact) mass is 250 g/mol. The molecule has 0 amide bonds. The Morgan fingerprint density at radius 3 is 2.94 bits per heavy atom. The van der Waals surface area contributed by atoms with Crippen molar-refractivity contribution in [3.63, 3.8) is 0 Å². The predicted octanol–water partition coefficient (Wildman–Crippen LogP) is 2.63. The van der Waals surface area contributed by atoms with E-state index in [4.69, 9.17) is 4.74 Å². The summed E-state index contributed by atoms with van der Waals surface area (Å²) in [7, 11) is 1.94. The first-order valence-electron chi connectivity index (χ1n) is 5.39. The van der Waals surface area contributed by atoms with Gasteiger partial charge in [0, 0.05) is 13.2 Å². The van der Waals surface area contributed by atoms with Gasteiger partial charge in [-0.2, -0.15) is 0 Å². The number of aryl methyl sites for hydroxylation is 2. The van der Waals surface area contributed by atoms with E-state index >= 15 is 0 Å². The van der Waals surface area contributed by atoms with E-state index in [9.17, 15) is 4.79 Å². The molecule has 0 aromatic carbocycles. The zero-order valence-electron chi connectivity index (χ0n) is 10.1. The molecular weight excluding hydrogens is 236 g/mol. The Hall–Kier alpha value is -1.62. The highest BCUT2D eigenvalue weighted by molar-refractivity contribution is 7.15. The Labute approximate surface area is 104 Å². The van der Waals surface area contributed by atoms with E-state index in [1.54, 1.807) is 6.92 Å². The lowest BCUT2D eigenvalue weighted by atomic mass is 10.3. The van der Waals surface area contributed by atoms with Crippen molar-refractivity contribution >= 4 is 17.3 Å². The minimum Gasteiger partial charge on any atom is -0.461 e. The average Bonchev–Trinajstić information content (AvgIpc) is 2.84. The first kappa shape index (κ1) is 11.9. The fraction of sp³-hybridized carbons (Fsp3) is 0.333. The van der Waals surface area contributed by atoms with Gasteiger partial charge >= 0.3 is 5.97 Å². The van der Waals surface area contributed by atoms with E-state index < -0.39 is 0 Å². The van der Waals surface area contributed by atoms with Crippen LogP contribution in [-0.4, -0.2) is 22.1 Å². The number of carbonyl (C=O) groups excluding carboxylic acids is 1. The molecule has 0 aliphatic heterocycles. The van der Waals surface area contributed by atoms with Crippen molar-refractivity contribution in [1.29, 1.82) is 0 Å². The number of hydrogen-bond acceptors (Lipinski definition) is 4. The Kier molecular flexibility index (Phi) is 3.28. The molecule has 4 nitrogen and oxygen atoms in total. The Morgan fingerprint density at radius 1 is 1.59 bits per heavy atom. The van der Waals surface area contributed by atoms with Crippen LogP contribution in [0, 0.1) is 6.92 Å². The van der Waals surface area contributed by atoms with Crippen LogP contribution in [0.1, 0.15) is 22.4 Å². The molecule has 90 valence electrons. The molecule has 0 atom stereocenters. The van der Waals surface area contributed by atoms with Crippen molar-refractivity contribution in [2.24, 2.45) is 7.05 Å². The number of rotatable bonds is 3. The zero-order chi connectivity index (χ0) is 12.4. The fourth-order valence-corrected chi connectivity index (χ4v) is 2.61. The summed E-state index contributed by atoms with van der Waals surface area (Å²) in [6.07, 6.45) is 1.94. The van der Waals surface area contributed by atoms with Crippen molar-refractivity contribution in [2.75, 3.05) is 6.61 Å². The molecule has 17 heavy (non-hydrogen) atoms. The van der Waals surface area contributed by atoms with Gasteiger partial charge in [-0.05, 0) is 26.0 Å². The summed E-state index contributed by atoms with van der Waals surface area (Å²) in [6, 6.07) is 3.91. The normalized spacial score (nSPS) is 10.5. The van der Waals surface area contributed by atoms with Gasteiger partial charge < -0.3 is 9.30 Å². The highest BCUT2D eigenvalue weighted by atomic mass is 32.1. The molecule has 0 bridgehead atoms. The highest BCUT2D eigenvalue weighted by Gasteiger charge is 2.20. The standard InChI is InChI=1S/C12H14N2O2S/c1-4-16-12(15)10-11(17-8(2)13-10)9-6-5-7-14(9)3/h5-7H,4H2,1-3H3. The van der Waals surface area contributed by atoms with Crippen LogP contribution in [0.25, 0.3) is 10.6 Å². The maximum atomic E-state index is 11.8. The molecule has 2 heterocycles. The van der Waals surface area contributed by atoms with E-state index in [0.29, 0.717) is 12.3 Å². The Balaban J connectivity index is 2.48. The molecular formula is C12H14N2O2S. The number of thiazole rings is 1. The maximum Gasteiger partial charge on any atom is 0.358 e. The van der Waals surface area contributed by atoms with Crippen molar-refractivity contribution < 1.29 is 9.53 Å². The highest BCUT2D eigenvalue weighted by Crippen LogP contribution is 2.30. The van der Waals surface area contributed by atoms with Crippen molar-refractivity contribution in [3.05, 3.63) is 29.0 Å². The van der Waals surface area contributed by atoms with Crippen LogP contribution >= 0.6 is 11.3 Å². The number of nitrogens with zero attached hydrogens (tertiary/aromatic N) is 2. The van der Waals surface area contributed by atoms with Crippen LogP contribution in [-0.2, 0) is 11.8 Å². The minimum atomic E-state index is -0.354. The number of aromatic nitrogens is 2. The quantitative estimate of drug-likeness (QED) is 0.787. The minimum absolute atomic E-state index is 0.354. The van der Waals surface area contributed by atoms with Crippen LogP contribution in [0.3, 0.4) is 0 Å². The third-order valence-corrected chi connectivity index (χ3v) is 3.37. The van der Waals surface area contributed by atoms with E-state index in [-0.39, 0.29) is 5.97 Å².